The Bertz CT molecular complexity index is 384. The van der Waals surface area contributed by atoms with Gasteiger partial charge in [0.05, 0.1) is 13.0 Å². The van der Waals surface area contributed by atoms with E-state index in [1.807, 2.05) is 19.1 Å². The van der Waals surface area contributed by atoms with Crippen molar-refractivity contribution in [1.82, 2.24) is 0 Å². The maximum atomic E-state index is 11.7. The van der Waals surface area contributed by atoms with Crippen molar-refractivity contribution in [2.75, 3.05) is 6.61 Å². The third-order valence-electron chi connectivity index (χ3n) is 2.19. The molecule has 1 aromatic carbocycles. The molecule has 0 aliphatic rings. The SMILES string of the molecule is CCCOC(=O)CCC(=O)c1ccc(Br)cc1. The number of ether oxygens (including phenoxy) is 1. The first-order valence-electron chi connectivity index (χ1n) is 5.58. The Labute approximate surface area is 109 Å². The summed E-state index contributed by atoms with van der Waals surface area (Å²) >= 11 is 3.30. The van der Waals surface area contributed by atoms with Gasteiger partial charge >= 0.3 is 5.97 Å². The Kier molecular flexibility index (Phi) is 5.91. The van der Waals surface area contributed by atoms with Crippen LogP contribution in [0.3, 0.4) is 0 Å². The molecule has 4 heteroatoms. The van der Waals surface area contributed by atoms with Gasteiger partial charge in [-0.05, 0) is 18.6 Å². The summed E-state index contributed by atoms with van der Waals surface area (Å²) in [6.07, 6.45) is 1.14. The van der Waals surface area contributed by atoms with E-state index in [1.165, 1.54) is 0 Å². The minimum absolute atomic E-state index is 0.0362. The Hall–Kier alpha value is -1.16. The molecule has 0 unspecified atom stereocenters. The van der Waals surface area contributed by atoms with Crippen molar-refractivity contribution in [3.8, 4) is 0 Å². The third kappa shape index (κ3) is 5.13. The van der Waals surface area contributed by atoms with Gasteiger partial charge in [0.1, 0.15) is 0 Å². The van der Waals surface area contributed by atoms with Crippen molar-refractivity contribution in [3.05, 3.63) is 34.3 Å². The van der Waals surface area contributed by atoms with E-state index in [0.717, 1.165) is 10.9 Å². The van der Waals surface area contributed by atoms with Gasteiger partial charge in [0.25, 0.3) is 0 Å². The molecule has 0 heterocycles. The van der Waals surface area contributed by atoms with Crippen LogP contribution in [0.2, 0.25) is 0 Å². The number of carbonyl (C=O) groups excluding carboxylic acids is 2. The van der Waals surface area contributed by atoms with E-state index in [9.17, 15) is 9.59 Å². The molecular weight excluding hydrogens is 284 g/mol. The topological polar surface area (TPSA) is 43.4 Å². The van der Waals surface area contributed by atoms with Crippen molar-refractivity contribution in [2.45, 2.75) is 26.2 Å². The van der Waals surface area contributed by atoms with E-state index in [-0.39, 0.29) is 24.6 Å². The molecule has 0 saturated carbocycles. The van der Waals surface area contributed by atoms with Crippen LogP contribution in [0.15, 0.2) is 28.7 Å². The minimum Gasteiger partial charge on any atom is -0.466 e. The zero-order valence-electron chi connectivity index (χ0n) is 9.74. The zero-order valence-corrected chi connectivity index (χ0v) is 11.3. The summed E-state index contributed by atoms with van der Waals surface area (Å²) in [5.41, 5.74) is 0.622. The molecular formula is C13H15BrO3. The number of halogens is 1. The van der Waals surface area contributed by atoms with Gasteiger partial charge in [-0.15, -0.1) is 0 Å². The van der Waals surface area contributed by atoms with Gasteiger partial charge in [-0.2, -0.15) is 0 Å². The highest BCUT2D eigenvalue weighted by Crippen LogP contribution is 2.12. The zero-order chi connectivity index (χ0) is 12.7. The number of rotatable bonds is 6. The molecule has 0 spiro atoms. The number of carbonyl (C=O) groups is 2. The van der Waals surface area contributed by atoms with Crippen molar-refractivity contribution in [2.24, 2.45) is 0 Å². The van der Waals surface area contributed by atoms with Crippen LogP contribution in [0.4, 0.5) is 0 Å². The van der Waals surface area contributed by atoms with E-state index < -0.39 is 0 Å². The van der Waals surface area contributed by atoms with Crippen molar-refractivity contribution in [3.63, 3.8) is 0 Å². The Balaban J connectivity index is 2.39. The number of Topliss-reactive ketones (excluding diaryl/α,β-unsaturated/α-hetero) is 1. The first-order chi connectivity index (χ1) is 8.13. The highest BCUT2D eigenvalue weighted by atomic mass is 79.9. The largest absolute Gasteiger partial charge is 0.466 e. The van der Waals surface area contributed by atoms with Gasteiger partial charge in [-0.3, -0.25) is 9.59 Å². The highest BCUT2D eigenvalue weighted by molar-refractivity contribution is 9.10. The minimum atomic E-state index is -0.308. The summed E-state index contributed by atoms with van der Waals surface area (Å²) < 4.78 is 5.83. The normalized spacial score (nSPS) is 10.0. The fourth-order valence-corrected chi connectivity index (χ4v) is 1.55. The number of hydrogen-bond donors (Lipinski definition) is 0. The first-order valence-corrected chi connectivity index (χ1v) is 6.37. The lowest BCUT2D eigenvalue weighted by molar-refractivity contribution is -0.143. The fraction of sp³-hybridized carbons (Fsp3) is 0.385. The third-order valence-corrected chi connectivity index (χ3v) is 2.72. The second-order valence-electron chi connectivity index (χ2n) is 3.65. The summed E-state index contributed by atoms with van der Waals surface area (Å²) in [7, 11) is 0. The molecule has 1 rings (SSSR count). The molecule has 0 aromatic heterocycles. The fourth-order valence-electron chi connectivity index (χ4n) is 1.28. The lowest BCUT2D eigenvalue weighted by atomic mass is 10.1. The number of ketones is 1. The van der Waals surface area contributed by atoms with Crippen LogP contribution in [0.25, 0.3) is 0 Å². The van der Waals surface area contributed by atoms with Gasteiger partial charge in [0, 0.05) is 16.5 Å². The molecule has 0 N–H and O–H groups in total. The quantitative estimate of drug-likeness (QED) is 0.597. The first kappa shape index (κ1) is 13.9. The molecule has 0 fully saturated rings. The predicted octanol–water partition coefficient (Wildman–Crippen LogP) is 3.37. The van der Waals surface area contributed by atoms with Crippen molar-refractivity contribution < 1.29 is 14.3 Å². The molecule has 0 saturated heterocycles. The summed E-state index contributed by atoms with van der Waals surface area (Å²) in [5, 5.41) is 0. The average Bonchev–Trinajstić information content (AvgIpc) is 2.34. The molecule has 3 nitrogen and oxygen atoms in total. The maximum absolute atomic E-state index is 11.7. The van der Waals surface area contributed by atoms with Crippen LogP contribution in [0, 0.1) is 0 Å². The monoisotopic (exact) mass is 298 g/mol. The second kappa shape index (κ2) is 7.22. The molecule has 0 radical (unpaired) electrons. The highest BCUT2D eigenvalue weighted by Gasteiger charge is 2.09. The predicted molar refractivity (Wildman–Crippen MR) is 69.0 cm³/mol. The molecule has 92 valence electrons. The summed E-state index contributed by atoms with van der Waals surface area (Å²) in [5.74, 6) is -0.344. The Morgan fingerprint density at radius 2 is 1.82 bits per heavy atom. The van der Waals surface area contributed by atoms with Crippen LogP contribution in [-0.2, 0) is 9.53 Å². The molecule has 0 atom stereocenters. The molecule has 0 aliphatic carbocycles. The lowest BCUT2D eigenvalue weighted by Crippen LogP contribution is -2.08. The standard InChI is InChI=1S/C13H15BrO3/c1-2-9-17-13(16)8-7-12(15)10-3-5-11(14)6-4-10/h3-6H,2,7-9H2,1H3. The molecule has 1 aromatic rings. The summed E-state index contributed by atoms with van der Waals surface area (Å²) in [6, 6.07) is 7.10. The van der Waals surface area contributed by atoms with Crippen LogP contribution >= 0.6 is 15.9 Å². The van der Waals surface area contributed by atoms with E-state index in [4.69, 9.17) is 4.74 Å². The molecule has 0 aliphatic heterocycles. The van der Waals surface area contributed by atoms with Crippen LogP contribution < -0.4 is 0 Å². The average molecular weight is 299 g/mol. The van der Waals surface area contributed by atoms with Crippen LogP contribution in [0.5, 0.6) is 0 Å². The number of hydrogen-bond acceptors (Lipinski definition) is 3. The van der Waals surface area contributed by atoms with Crippen LogP contribution in [-0.4, -0.2) is 18.4 Å². The van der Waals surface area contributed by atoms with E-state index in [1.54, 1.807) is 12.1 Å². The smallest absolute Gasteiger partial charge is 0.306 e. The van der Waals surface area contributed by atoms with Gasteiger partial charge in [-0.25, -0.2) is 0 Å². The molecule has 0 amide bonds. The summed E-state index contributed by atoms with van der Waals surface area (Å²) in [4.78, 5) is 22.9. The van der Waals surface area contributed by atoms with E-state index in [0.29, 0.717) is 12.2 Å². The number of esters is 1. The molecule has 17 heavy (non-hydrogen) atoms. The molecule has 0 bridgehead atoms. The number of benzene rings is 1. The van der Waals surface area contributed by atoms with Gasteiger partial charge < -0.3 is 4.74 Å². The van der Waals surface area contributed by atoms with Gasteiger partial charge in [0.2, 0.25) is 0 Å². The maximum Gasteiger partial charge on any atom is 0.306 e. The van der Waals surface area contributed by atoms with Crippen molar-refractivity contribution >= 4 is 27.7 Å². The van der Waals surface area contributed by atoms with E-state index >= 15 is 0 Å². The van der Waals surface area contributed by atoms with Crippen molar-refractivity contribution in [1.29, 1.82) is 0 Å². The second-order valence-corrected chi connectivity index (χ2v) is 4.57. The van der Waals surface area contributed by atoms with Crippen LogP contribution in [0.1, 0.15) is 36.5 Å². The van der Waals surface area contributed by atoms with Gasteiger partial charge in [-0.1, -0.05) is 35.0 Å². The Morgan fingerprint density at radius 1 is 1.18 bits per heavy atom. The van der Waals surface area contributed by atoms with Gasteiger partial charge in [0.15, 0.2) is 5.78 Å². The lowest BCUT2D eigenvalue weighted by Gasteiger charge is -2.03. The summed E-state index contributed by atoms with van der Waals surface area (Å²) in [6.45, 7) is 2.35. The van der Waals surface area contributed by atoms with E-state index in [2.05, 4.69) is 15.9 Å². The Morgan fingerprint density at radius 3 is 2.41 bits per heavy atom.